The molecule has 5 fully saturated rings. The van der Waals surface area contributed by atoms with E-state index in [9.17, 15) is 24.0 Å². The van der Waals surface area contributed by atoms with Gasteiger partial charge in [-0.1, -0.05) is 227 Å². The van der Waals surface area contributed by atoms with Crippen molar-refractivity contribution in [1.82, 2.24) is 67.4 Å². The number of piperidine rings is 5. The van der Waals surface area contributed by atoms with Crippen molar-refractivity contribution < 1.29 is 48.2 Å². The Kier molecular flexibility index (Phi) is 44.4. The number of amides is 9. The summed E-state index contributed by atoms with van der Waals surface area (Å²) in [7, 11) is 1.66. The van der Waals surface area contributed by atoms with E-state index in [0.29, 0.717) is 6.54 Å². The Morgan fingerprint density at radius 2 is 0.627 bits per heavy atom. The zero-order chi connectivity index (χ0) is 100. The lowest BCUT2D eigenvalue weighted by atomic mass is 9.73. The fourth-order valence-electron chi connectivity index (χ4n) is 22.3. The van der Waals surface area contributed by atoms with Gasteiger partial charge in [-0.2, -0.15) is 25.3 Å². The number of primary amides is 1. The molecule has 0 saturated carbocycles. The van der Waals surface area contributed by atoms with Gasteiger partial charge in [-0.05, 0) is 288 Å². The Bertz CT molecular complexity index is 4260. The number of nitrogens with two attached hydrogens (primary N) is 1. The van der Waals surface area contributed by atoms with Crippen molar-refractivity contribution >= 4 is 30.0 Å². The first-order valence-corrected chi connectivity index (χ1v) is 51.1. The van der Waals surface area contributed by atoms with Crippen LogP contribution in [0.5, 0.6) is 0 Å². The standard InChI is InChI=1S/C25H42N2O2.C23H39N3O2.2C21H35N3O2.C20H33N3O2/c1-8-11-17-26(21(5)28)23-18-24(6,7)27(25(9-2,10-3)19-23)29-20(4)22-15-13-12-14-16-22;1-8-23(9-2)16-20(25-21(27)24-17(3)4)15-22(6,7)26(23)28-18(5)19-13-11-10-12-14-19;1-7-21(8-2)15-18(23-19(25)22-6)14-20(4,5)24(21)26-16(3)17-12-10-9-11-13-17;1-7-21(6)15-18(23-19(25)22-8-2)14-20(4,5)24(21)26-16(3)17-12-10-9-11-13-17;1-6-20(7-2)14-17(22-18(21)24)13-19(4,5)23(20)25-15(3)16-11-9-8-10-12-16/h12-16,20,23H,8-11,17-19H2,1-7H3;10-14,17-18,20H,8-9,15-16H2,1-7H3,(H2,24,25,27);2*9-13,16,18H,7-8,14-15H2,1-6H3,(H2,22,23,25);8-12,15,17H,6-7,13-14H2,1-5H3,(H3,21,22,24). The minimum atomic E-state index is -0.450. The van der Waals surface area contributed by atoms with E-state index in [-0.39, 0.29) is 146 Å². The van der Waals surface area contributed by atoms with E-state index < -0.39 is 6.03 Å². The molecule has 5 aromatic carbocycles. The summed E-state index contributed by atoms with van der Waals surface area (Å²) in [6.45, 7) is 66.2. The summed E-state index contributed by atoms with van der Waals surface area (Å²) in [4.78, 5) is 95.0. The summed E-state index contributed by atoms with van der Waals surface area (Å²) in [6, 6.07) is 51.9. The highest BCUT2D eigenvalue weighted by molar-refractivity contribution is 5.75. The lowest BCUT2D eigenvalue weighted by molar-refractivity contribution is -0.319. The summed E-state index contributed by atoms with van der Waals surface area (Å²) in [5, 5.41) is 32.0. The largest absolute Gasteiger partial charge is 0.352 e. The molecule has 5 heterocycles. The van der Waals surface area contributed by atoms with Gasteiger partial charge in [-0.25, -0.2) is 19.2 Å². The van der Waals surface area contributed by atoms with Crippen molar-refractivity contribution in [2.75, 3.05) is 20.1 Å². The molecule has 0 bridgehead atoms. The molecule has 5 aromatic rings. The Labute approximate surface area is 811 Å². The molecule has 5 saturated heterocycles. The highest BCUT2D eigenvalue weighted by atomic mass is 16.7. The van der Waals surface area contributed by atoms with E-state index in [0.717, 1.165) is 147 Å². The number of nitrogens with zero attached hydrogens (tertiary/aromatic N) is 6. The molecule has 24 nitrogen and oxygen atoms in total. The van der Waals surface area contributed by atoms with Gasteiger partial charge in [0.25, 0.3) is 0 Å². The summed E-state index contributed by atoms with van der Waals surface area (Å²) >= 11 is 0. The number of hydrogen-bond acceptors (Lipinski definition) is 15. The lowest BCUT2D eigenvalue weighted by Crippen LogP contribution is -2.66. The maximum Gasteiger partial charge on any atom is 0.315 e. The number of urea groups is 4. The molecular formula is C110H184N14O10. The number of nitrogens with one attached hydrogen (secondary N) is 7. The molecule has 0 aromatic heterocycles. The first-order valence-electron chi connectivity index (χ1n) is 51.1. The number of carbonyl (C=O) groups is 5. The van der Waals surface area contributed by atoms with Crippen LogP contribution in [0, 0.1) is 0 Å². The summed E-state index contributed by atoms with van der Waals surface area (Å²) < 4.78 is 0. The fraction of sp³-hybridized carbons (Fsp3) is 0.682. The molecule has 10 rings (SSSR count). The molecule has 5 aliphatic rings. The molecule has 0 radical (unpaired) electrons. The van der Waals surface area contributed by atoms with Crippen LogP contribution >= 0.6 is 0 Å². The maximum atomic E-state index is 12.5. The SMILES string of the molecule is CCC1(CC)CC(NC(=O)NC(C)C)CC(C)(C)N1OC(C)c1ccccc1.CCC1(CC)CC(NC(=O)NC)CC(C)(C)N1OC(C)c1ccccc1.CCC1(CC)CC(NC(N)=O)CC(C)(C)N1OC(C)c1ccccc1.CCCCN(C(C)=O)C1CC(C)(C)N(OC(C)c2ccccc2)C(CC)(CC)C1.CCNC(=O)NC1CC(C)(C)N(OC(C)c2ccccc2)C(C)(CC)C1. The molecule has 11 unspecified atom stereocenters. The van der Waals surface area contributed by atoms with Crippen LogP contribution in [0.2, 0.25) is 0 Å². The van der Waals surface area contributed by atoms with Crippen LogP contribution in [-0.2, 0) is 29.0 Å². The van der Waals surface area contributed by atoms with Crippen molar-refractivity contribution in [3.05, 3.63) is 179 Å². The normalized spacial score (nSPS) is 23.7. The smallest absolute Gasteiger partial charge is 0.315 e. The van der Waals surface area contributed by atoms with Gasteiger partial charge in [-0.3, -0.25) is 29.0 Å². The third-order valence-electron chi connectivity index (χ3n) is 29.5. The van der Waals surface area contributed by atoms with Crippen LogP contribution < -0.4 is 43.0 Å². The monoisotopic (exact) mass is 1860 g/mol. The van der Waals surface area contributed by atoms with Crippen LogP contribution in [0.15, 0.2) is 152 Å². The highest BCUT2D eigenvalue weighted by Crippen LogP contribution is 2.51. The quantitative estimate of drug-likeness (QED) is 0.0190. The van der Waals surface area contributed by atoms with Crippen molar-refractivity contribution in [2.45, 2.75) is 465 Å². The lowest BCUT2D eigenvalue weighted by Gasteiger charge is -2.58. The number of carbonyl (C=O) groups excluding carboxylic acids is 5. The topological polar surface area (TPSA) is 261 Å². The average Bonchev–Trinajstić information content (AvgIpc) is 0.767. The average molecular weight is 1860 g/mol. The Hall–Kier alpha value is -7.75. The van der Waals surface area contributed by atoms with Crippen LogP contribution in [0.4, 0.5) is 19.2 Å². The summed E-state index contributed by atoms with van der Waals surface area (Å²) in [5.41, 5.74) is 9.78. The maximum absolute atomic E-state index is 12.5. The molecule has 0 spiro atoms. The number of benzene rings is 5. The van der Waals surface area contributed by atoms with Crippen molar-refractivity contribution in [2.24, 2.45) is 5.73 Å². The Morgan fingerprint density at radius 3 is 0.896 bits per heavy atom. The predicted molar refractivity (Wildman–Crippen MR) is 548 cm³/mol. The van der Waals surface area contributed by atoms with Crippen LogP contribution in [0.25, 0.3) is 0 Å². The molecule has 24 heteroatoms. The van der Waals surface area contributed by atoms with Gasteiger partial charge < -0.3 is 47.9 Å². The van der Waals surface area contributed by atoms with E-state index in [1.807, 2.05) is 87.5 Å². The molecule has 9 N–H and O–H groups in total. The number of rotatable bonds is 34. The second-order valence-electron chi connectivity index (χ2n) is 42.5. The molecule has 5 aliphatic heterocycles. The molecular weight excluding hydrogens is 1680 g/mol. The number of hydrogen-bond donors (Lipinski definition) is 8. The molecule has 134 heavy (non-hydrogen) atoms. The summed E-state index contributed by atoms with van der Waals surface area (Å²) in [6.07, 6.45) is 19.6. The van der Waals surface area contributed by atoms with Crippen LogP contribution in [0.1, 0.15) is 401 Å². The van der Waals surface area contributed by atoms with Crippen LogP contribution in [-0.4, -0.2) is 172 Å². The first-order chi connectivity index (χ1) is 63.1. The first kappa shape index (κ1) is 115. The van der Waals surface area contributed by atoms with E-state index in [1.54, 1.807) is 14.0 Å². The van der Waals surface area contributed by atoms with E-state index in [4.69, 9.17) is 29.9 Å². The minimum absolute atomic E-state index is 0.00602. The minimum Gasteiger partial charge on any atom is -0.352 e. The van der Waals surface area contributed by atoms with Gasteiger partial charge in [0, 0.05) is 119 Å². The zero-order valence-corrected chi connectivity index (χ0v) is 88.9. The van der Waals surface area contributed by atoms with Gasteiger partial charge >= 0.3 is 24.1 Å². The highest BCUT2D eigenvalue weighted by Gasteiger charge is 2.57. The Morgan fingerprint density at radius 1 is 0.358 bits per heavy atom. The van der Waals surface area contributed by atoms with E-state index in [1.165, 1.54) is 22.3 Å². The van der Waals surface area contributed by atoms with Gasteiger partial charge in [0.1, 0.15) is 30.5 Å². The second kappa shape index (κ2) is 51.8. The predicted octanol–water partition coefficient (Wildman–Crippen LogP) is 24.3. The zero-order valence-electron chi connectivity index (χ0n) is 88.9. The fourth-order valence-corrected chi connectivity index (χ4v) is 22.3. The van der Waals surface area contributed by atoms with E-state index in [2.05, 4.69) is 332 Å². The number of hydroxylamine groups is 10. The van der Waals surface area contributed by atoms with Crippen molar-refractivity contribution in [3.63, 3.8) is 0 Å². The third-order valence-corrected chi connectivity index (χ3v) is 29.5. The third kappa shape index (κ3) is 31.1. The van der Waals surface area contributed by atoms with Crippen LogP contribution in [0.3, 0.4) is 0 Å². The van der Waals surface area contributed by atoms with E-state index >= 15 is 0 Å². The van der Waals surface area contributed by atoms with Crippen molar-refractivity contribution in [3.8, 4) is 0 Å². The summed E-state index contributed by atoms with van der Waals surface area (Å²) in [5.74, 6) is 0.201. The number of unbranched alkanes of at least 4 members (excludes halogenated alkanes) is 1. The van der Waals surface area contributed by atoms with Gasteiger partial charge in [0.15, 0.2) is 0 Å². The van der Waals surface area contributed by atoms with Gasteiger partial charge in [0.2, 0.25) is 5.91 Å². The van der Waals surface area contributed by atoms with Gasteiger partial charge in [0.05, 0.1) is 0 Å². The van der Waals surface area contributed by atoms with Crippen molar-refractivity contribution in [1.29, 1.82) is 0 Å². The van der Waals surface area contributed by atoms with Gasteiger partial charge in [-0.15, -0.1) is 0 Å². The molecule has 754 valence electrons. The molecule has 9 amide bonds. The Balaban J connectivity index is 0.000000258. The molecule has 0 aliphatic carbocycles. The molecule has 11 atom stereocenters. The second-order valence-corrected chi connectivity index (χ2v) is 42.5.